The van der Waals surface area contributed by atoms with Gasteiger partial charge in [0.2, 0.25) is 0 Å². The summed E-state index contributed by atoms with van der Waals surface area (Å²) in [5.74, 6) is -0.0123. The van der Waals surface area contributed by atoms with Crippen molar-refractivity contribution in [3.05, 3.63) is 33.3 Å². The molecule has 1 amide bonds. The van der Waals surface area contributed by atoms with E-state index in [4.69, 9.17) is 22.1 Å². The molecule has 1 aromatic rings. The van der Waals surface area contributed by atoms with Crippen LogP contribution in [0.1, 0.15) is 29.6 Å². The van der Waals surface area contributed by atoms with E-state index in [2.05, 4.69) is 15.9 Å². The molecule has 6 heteroatoms. The standard InChI is InChI=1S/C15H20BrClN2O2/c16-11-2-3-14(17)13(10-11)15(20)19-7-4-12(5-8-19)21-9-1-6-18/h2-3,10,12H,1,4-9,18H2. The number of carbonyl (C=O) groups excluding carboxylic acids is 1. The zero-order valence-corrected chi connectivity index (χ0v) is 14.2. The molecule has 1 aliphatic rings. The fraction of sp³-hybridized carbons (Fsp3) is 0.533. The summed E-state index contributed by atoms with van der Waals surface area (Å²) in [5.41, 5.74) is 6.00. The highest BCUT2D eigenvalue weighted by Crippen LogP contribution is 2.24. The number of halogens is 2. The number of ether oxygens (including phenoxy) is 1. The van der Waals surface area contributed by atoms with Gasteiger partial charge in [0.1, 0.15) is 0 Å². The maximum Gasteiger partial charge on any atom is 0.255 e. The number of likely N-dealkylation sites (tertiary alicyclic amines) is 1. The van der Waals surface area contributed by atoms with Crippen molar-refractivity contribution in [1.82, 2.24) is 4.90 Å². The summed E-state index contributed by atoms with van der Waals surface area (Å²) in [6.45, 7) is 2.76. The fourth-order valence-electron chi connectivity index (χ4n) is 2.39. The Kier molecular flexibility index (Phi) is 6.48. The van der Waals surface area contributed by atoms with Crippen LogP contribution in [0.5, 0.6) is 0 Å². The first-order valence-electron chi connectivity index (χ1n) is 7.18. The summed E-state index contributed by atoms with van der Waals surface area (Å²) < 4.78 is 6.61. The van der Waals surface area contributed by atoms with Crippen LogP contribution in [-0.2, 0) is 4.74 Å². The minimum absolute atomic E-state index is 0.0123. The zero-order valence-electron chi connectivity index (χ0n) is 11.9. The van der Waals surface area contributed by atoms with Gasteiger partial charge in [-0.3, -0.25) is 4.79 Å². The van der Waals surface area contributed by atoms with Crippen molar-refractivity contribution in [2.24, 2.45) is 5.73 Å². The predicted molar refractivity (Wildman–Crippen MR) is 87.7 cm³/mol. The summed E-state index contributed by atoms with van der Waals surface area (Å²) in [7, 11) is 0. The first kappa shape index (κ1) is 16.7. The van der Waals surface area contributed by atoms with Crippen LogP contribution < -0.4 is 5.73 Å². The summed E-state index contributed by atoms with van der Waals surface area (Å²) in [5, 5.41) is 0.490. The molecule has 0 unspecified atom stereocenters. The van der Waals surface area contributed by atoms with Crippen LogP contribution >= 0.6 is 27.5 Å². The summed E-state index contributed by atoms with van der Waals surface area (Å²) >= 11 is 9.49. The smallest absolute Gasteiger partial charge is 0.255 e. The number of hydrogen-bond donors (Lipinski definition) is 1. The minimum Gasteiger partial charge on any atom is -0.378 e. The maximum atomic E-state index is 12.5. The Labute approximate surface area is 138 Å². The number of rotatable bonds is 5. The molecule has 2 rings (SSSR count). The van der Waals surface area contributed by atoms with Crippen molar-refractivity contribution in [3.63, 3.8) is 0 Å². The number of amides is 1. The maximum absolute atomic E-state index is 12.5. The van der Waals surface area contributed by atoms with E-state index in [0.717, 1.165) is 23.7 Å². The molecule has 4 nitrogen and oxygen atoms in total. The molecule has 0 aromatic heterocycles. The SMILES string of the molecule is NCCCOC1CCN(C(=O)c2cc(Br)ccc2Cl)CC1. The lowest BCUT2D eigenvalue weighted by Gasteiger charge is -2.32. The second-order valence-corrected chi connectivity index (χ2v) is 6.45. The highest BCUT2D eigenvalue weighted by atomic mass is 79.9. The van der Waals surface area contributed by atoms with Crippen LogP contribution in [0.4, 0.5) is 0 Å². The van der Waals surface area contributed by atoms with E-state index < -0.39 is 0 Å². The Hall–Kier alpha value is -0.620. The summed E-state index contributed by atoms with van der Waals surface area (Å²) in [6.07, 6.45) is 2.84. The molecule has 0 saturated carbocycles. The molecule has 0 radical (unpaired) electrons. The summed E-state index contributed by atoms with van der Waals surface area (Å²) in [4.78, 5) is 14.3. The van der Waals surface area contributed by atoms with Gasteiger partial charge in [-0.05, 0) is 44.0 Å². The van der Waals surface area contributed by atoms with E-state index in [1.54, 1.807) is 12.1 Å². The average Bonchev–Trinajstić information content (AvgIpc) is 2.50. The number of benzene rings is 1. The van der Waals surface area contributed by atoms with Crippen molar-refractivity contribution >= 4 is 33.4 Å². The molecule has 1 fully saturated rings. The third kappa shape index (κ3) is 4.68. The number of nitrogens with zero attached hydrogens (tertiary/aromatic N) is 1. The van der Waals surface area contributed by atoms with Crippen molar-refractivity contribution in [2.45, 2.75) is 25.4 Å². The van der Waals surface area contributed by atoms with Crippen LogP contribution in [0.25, 0.3) is 0 Å². The Morgan fingerprint density at radius 3 is 2.81 bits per heavy atom. The Balaban J connectivity index is 1.89. The quantitative estimate of drug-likeness (QED) is 0.805. The number of carbonyl (C=O) groups is 1. The molecule has 0 bridgehead atoms. The van der Waals surface area contributed by atoms with Crippen LogP contribution in [0, 0.1) is 0 Å². The molecule has 1 aromatic carbocycles. The van der Waals surface area contributed by atoms with Gasteiger partial charge in [-0.15, -0.1) is 0 Å². The molecule has 21 heavy (non-hydrogen) atoms. The van der Waals surface area contributed by atoms with Gasteiger partial charge < -0.3 is 15.4 Å². The number of nitrogens with two attached hydrogens (primary N) is 1. The second kappa shape index (κ2) is 8.13. The lowest BCUT2D eigenvalue weighted by molar-refractivity contribution is 0.00845. The molecule has 1 saturated heterocycles. The highest BCUT2D eigenvalue weighted by molar-refractivity contribution is 9.10. The minimum atomic E-state index is -0.0123. The average molecular weight is 376 g/mol. The van der Waals surface area contributed by atoms with Gasteiger partial charge in [-0.1, -0.05) is 27.5 Å². The van der Waals surface area contributed by atoms with E-state index in [1.165, 1.54) is 0 Å². The second-order valence-electron chi connectivity index (χ2n) is 5.13. The monoisotopic (exact) mass is 374 g/mol. The summed E-state index contributed by atoms with van der Waals surface area (Å²) in [6, 6.07) is 5.34. The Bertz CT molecular complexity index is 491. The third-order valence-electron chi connectivity index (χ3n) is 3.59. The van der Waals surface area contributed by atoms with Crippen LogP contribution in [0.3, 0.4) is 0 Å². The zero-order chi connectivity index (χ0) is 15.2. The molecule has 1 heterocycles. The number of hydrogen-bond acceptors (Lipinski definition) is 3. The molecule has 116 valence electrons. The lowest BCUT2D eigenvalue weighted by atomic mass is 10.1. The first-order chi connectivity index (χ1) is 10.1. The molecular formula is C15H20BrClN2O2. The van der Waals surface area contributed by atoms with Gasteiger partial charge in [0.15, 0.2) is 0 Å². The van der Waals surface area contributed by atoms with Gasteiger partial charge >= 0.3 is 0 Å². The first-order valence-corrected chi connectivity index (χ1v) is 8.35. The predicted octanol–water partition coefficient (Wildman–Crippen LogP) is 3.07. The normalized spacial score (nSPS) is 16.2. The highest BCUT2D eigenvalue weighted by Gasteiger charge is 2.25. The van der Waals surface area contributed by atoms with Gasteiger partial charge in [0.05, 0.1) is 16.7 Å². The van der Waals surface area contributed by atoms with E-state index >= 15 is 0 Å². The van der Waals surface area contributed by atoms with Gasteiger partial charge in [-0.25, -0.2) is 0 Å². The molecule has 0 spiro atoms. The number of piperidine rings is 1. The van der Waals surface area contributed by atoms with Gasteiger partial charge in [-0.2, -0.15) is 0 Å². The fourth-order valence-corrected chi connectivity index (χ4v) is 2.95. The molecule has 0 aliphatic carbocycles. The molecule has 1 aliphatic heterocycles. The van der Waals surface area contributed by atoms with E-state index in [-0.39, 0.29) is 12.0 Å². The lowest BCUT2D eigenvalue weighted by Crippen LogP contribution is -2.41. The van der Waals surface area contributed by atoms with Crippen molar-refractivity contribution in [2.75, 3.05) is 26.2 Å². The Morgan fingerprint density at radius 1 is 1.43 bits per heavy atom. The third-order valence-corrected chi connectivity index (χ3v) is 4.41. The van der Waals surface area contributed by atoms with Gasteiger partial charge in [0, 0.05) is 24.2 Å². The van der Waals surface area contributed by atoms with Crippen LogP contribution in [-0.4, -0.2) is 43.2 Å². The van der Waals surface area contributed by atoms with Crippen LogP contribution in [0.15, 0.2) is 22.7 Å². The van der Waals surface area contributed by atoms with Crippen molar-refractivity contribution in [1.29, 1.82) is 0 Å². The molecule has 2 N–H and O–H groups in total. The molecular weight excluding hydrogens is 356 g/mol. The van der Waals surface area contributed by atoms with Gasteiger partial charge in [0.25, 0.3) is 5.91 Å². The van der Waals surface area contributed by atoms with E-state index in [0.29, 0.717) is 36.8 Å². The topological polar surface area (TPSA) is 55.6 Å². The Morgan fingerprint density at radius 2 is 2.14 bits per heavy atom. The largest absolute Gasteiger partial charge is 0.378 e. The molecule has 0 atom stereocenters. The van der Waals surface area contributed by atoms with Crippen molar-refractivity contribution in [3.8, 4) is 0 Å². The van der Waals surface area contributed by atoms with Crippen LogP contribution in [0.2, 0.25) is 5.02 Å². The van der Waals surface area contributed by atoms with Crippen molar-refractivity contribution < 1.29 is 9.53 Å². The van der Waals surface area contributed by atoms with E-state index in [9.17, 15) is 4.79 Å². The van der Waals surface area contributed by atoms with E-state index in [1.807, 2.05) is 11.0 Å².